The average molecular weight is 206 g/mol. The minimum absolute atomic E-state index is 0.729. The van der Waals surface area contributed by atoms with E-state index in [0.29, 0.717) is 0 Å². The maximum atomic E-state index is 5.42. The van der Waals surface area contributed by atoms with Gasteiger partial charge in [-0.1, -0.05) is 0 Å². The van der Waals surface area contributed by atoms with E-state index in [-0.39, 0.29) is 0 Å². The maximum Gasteiger partial charge on any atom is 0.119 e. The van der Waals surface area contributed by atoms with Gasteiger partial charge >= 0.3 is 0 Å². The first-order chi connectivity index (χ1) is 7.40. The van der Waals surface area contributed by atoms with Gasteiger partial charge in [-0.05, 0) is 31.2 Å². The van der Waals surface area contributed by atoms with Crippen LogP contribution in [0.3, 0.4) is 0 Å². The molecule has 0 aromatic heterocycles. The Morgan fingerprint density at radius 3 is 2.47 bits per heavy atom. The van der Waals surface area contributed by atoms with Crippen molar-refractivity contribution in [2.75, 3.05) is 37.7 Å². The van der Waals surface area contributed by atoms with Crippen LogP contribution in [0.1, 0.15) is 6.92 Å². The van der Waals surface area contributed by atoms with Crippen LogP contribution < -0.4 is 15.0 Å². The Morgan fingerprint density at radius 2 is 1.87 bits per heavy atom. The molecule has 1 aromatic carbocycles. The summed E-state index contributed by atoms with van der Waals surface area (Å²) in [6, 6.07) is 8.36. The number of hydrogen-bond acceptors (Lipinski definition) is 3. The van der Waals surface area contributed by atoms with E-state index >= 15 is 0 Å². The van der Waals surface area contributed by atoms with Crippen molar-refractivity contribution in [3.63, 3.8) is 0 Å². The molecular formula is C12H18N2O. The van der Waals surface area contributed by atoms with E-state index in [2.05, 4.69) is 22.3 Å². The van der Waals surface area contributed by atoms with Crippen LogP contribution in [0.5, 0.6) is 5.75 Å². The molecular weight excluding hydrogens is 188 g/mol. The molecule has 1 saturated heterocycles. The van der Waals surface area contributed by atoms with Crippen molar-refractivity contribution in [2.24, 2.45) is 0 Å². The van der Waals surface area contributed by atoms with Gasteiger partial charge < -0.3 is 15.0 Å². The fourth-order valence-electron chi connectivity index (χ4n) is 1.84. The average Bonchev–Trinajstić information content (AvgIpc) is 2.32. The van der Waals surface area contributed by atoms with Gasteiger partial charge in [0.25, 0.3) is 0 Å². The minimum Gasteiger partial charge on any atom is -0.494 e. The Balaban J connectivity index is 2.02. The van der Waals surface area contributed by atoms with E-state index in [1.165, 1.54) is 5.69 Å². The normalized spacial score (nSPS) is 16.5. The topological polar surface area (TPSA) is 24.5 Å². The number of anilines is 1. The summed E-state index contributed by atoms with van der Waals surface area (Å²) < 4.78 is 5.42. The summed E-state index contributed by atoms with van der Waals surface area (Å²) >= 11 is 0. The molecule has 0 bridgehead atoms. The Kier molecular flexibility index (Phi) is 3.45. The lowest BCUT2D eigenvalue weighted by Gasteiger charge is -2.29. The third-order valence-electron chi connectivity index (χ3n) is 2.63. The van der Waals surface area contributed by atoms with Crippen molar-refractivity contribution in [1.82, 2.24) is 5.32 Å². The Bertz CT molecular complexity index is 291. The molecule has 3 heteroatoms. The van der Waals surface area contributed by atoms with Crippen LogP contribution in [0.25, 0.3) is 0 Å². The van der Waals surface area contributed by atoms with Crippen LogP contribution >= 0.6 is 0 Å². The van der Waals surface area contributed by atoms with E-state index in [1.807, 2.05) is 19.1 Å². The number of piperazine rings is 1. The van der Waals surface area contributed by atoms with Crippen molar-refractivity contribution < 1.29 is 4.74 Å². The zero-order valence-corrected chi connectivity index (χ0v) is 9.20. The fraction of sp³-hybridized carbons (Fsp3) is 0.500. The molecule has 0 amide bonds. The third-order valence-corrected chi connectivity index (χ3v) is 2.63. The number of ether oxygens (including phenoxy) is 1. The van der Waals surface area contributed by atoms with Gasteiger partial charge in [0, 0.05) is 31.9 Å². The van der Waals surface area contributed by atoms with Crippen LogP contribution in [0.2, 0.25) is 0 Å². The van der Waals surface area contributed by atoms with E-state index in [9.17, 15) is 0 Å². The molecule has 1 aliphatic rings. The summed E-state index contributed by atoms with van der Waals surface area (Å²) in [7, 11) is 0. The second-order valence-corrected chi connectivity index (χ2v) is 3.66. The molecule has 15 heavy (non-hydrogen) atoms. The molecule has 1 heterocycles. The Morgan fingerprint density at radius 1 is 1.20 bits per heavy atom. The van der Waals surface area contributed by atoms with Gasteiger partial charge in [0.05, 0.1) is 6.61 Å². The largest absolute Gasteiger partial charge is 0.494 e. The molecule has 3 nitrogen and oxygen atoms in total. The fourth-order valence-corrected chi connectivity index (χ4v) is 1.84. The van der Waals surface area contributed by atoms with Gasteiger partial charge in [0.1, 0.15) is 5.75 Å². The van der Waals surface area contributed by atoms with Crippen LogP contribution in [0.4, 0.5) is 5.69 Å². The van der Waals surface area contributed by atoms with E-state index < -0.39 is 0 Å². The molecule has 0 atom stereocenters. The third kappa shape index (κ3) is 2.63. The first-order valence-corrected chi connectivity index (χ1v) is 5.58. The quantitative estimate of drug-likeness (QED) is 0.811. The molecule has 1 N–H and O–H groups in total. The van der Waals surface area contributed by atoms with E-state index in [0.717, 1.165) is 38.5 Å². The van der Waals surface area contributed by atoms with Gasteiger partial charge in [-0.25, -0.2) is 0 Å². The van der Waals surface area contributed by atoms with Crippen LogP contribution in [0.15, 0.2) is 24.3 Å². The summed E-state index contributed by atoms with van der Waals surface area (Å²) in [4.78, 5) is 2.40. The first kappa shape index (κ1) is 10.3. The SMILES string of the molecule is CCOc1ccc(N2CCNCC2)cc1. The maximum absolute atomic E-state index is 5.42. The van der Waals surface area contributed by atoms with E-state index in [1.54, 1.807) is 0 Å². The summed E-state index contributed by atoms with van der Waals surface area (Å²) in [6.45, 7) is 7.07. The van der Waals surface area contributed by atoms with Crippen molar-refractivity contribution in [3.8, 4) is 5.75 Å². The molecule has 1 aromatic rings. The van der Waals surface area contributed by atoms with Crippen molar-refractivity contribution in [3.05, 3.63) is 24.3 Å². The number of hydrogen-bond donors (Lipinski definition) is 1. The summed E-state index contributed by atoms with van der Waals surface area (Å²) in [5, 5.41) is 3.35. The Labute approximate surface area is 91.0 Å². The zero-order valence-electron chi connectivity index (χ0n) is 9.20. The van der Waals surface area contributed by atoms with Crippen LogP contribution in [0, 0.1) is 0 Å². The molecule has 1 fully saturated rings. The molecule has 0 aliphatic carbocycles. The number of rotatable bonds is 3. The number of nitrogens with one attached hydrogen (secondary N) is 1. The standard InChI is InChI=1S/C12H18N2O/c1-2-15-12-5-3-11(4-6-12)14-9-7-13-8-10-14/h3-6,13H,2,7-10H2,1H3. The molecule has 82 valence electrons. The van der Waals surface area contributed by atoms with Gasteiger partial charge in [0.2, 0.25) is 0 Å². The summed E-state index contributed by atoms with van der Waals surface area (Å²) in [6.07, 6.45) is 0. The lowest BCUT2D eigenvalue weighted by molar-refractivity contribution is 0.340. The number of benzene rings is 1. The van der Waals surface area contributed by atoms with Gasteiger partial charge in [0.15, 0.2) is 0 Å². The molecule has 0 radical (unpaired) electrons. The molecule has 0 saturated carbocycles. The van der Waals surface area contributed by atoms with Crippen LogP contribution in [-0.2, 0) is 0 Å². The predicted octanol–water partition coefficient (Wildman–Crippen LogP) is 1.49. The minimum atomic E-state index is 0.729. The molecule has 2 rings (SSSR count). The molecule has 0 spiro atoms. The summed E-state index contributed by atoms with van der Waals surface area (Å²) in [5.74, 6) is 0.955. The lowest BCUT2D eigenvalue weighted by Crippen LogP contribution is -2.43. The summed E-state index contributed by atoms with van der Waals surface area (Å²) in [5.41, 5.74) is 1.29. The predicted molar refractivity (Wildman–Crippen MR) is 62.7 cm³/mol. The molecule has 1 aliphatic heterocycles. The van der Waals surface area contributed by atoms with Crippen molar-refractivity contribution >= 4 is 5.69 Å². The monoisotopic (exact) mass is 206 g/mol. The highest BCUT2D eigenvalue weighted by Crippen LogP contribution is 2.19. The lowest BCUT2D eigenvalue weighted by atomic mass is 10.2. The van der Waals surface area contributed by atoms with Gasteiger partial charge in [-0.15, -0.1) is 0 Å². The van der Waals surface area contributed by atoms with Gasteiger partial charge in [-0.3, -0.25) is 0 Å². The highest BCUT2D eigenvalue weighted by Gasteiger charge is 2.09. The molecule has 0 unspecified atom stereocenters. The van der Waals surface area contributed by atoms with Crippen molar-refractivity contribution in [2.45, 2.75) is 6.92 Å². The second-order valence-electron chi connectivity index (χ2n) is 3.66. The van der Waals surface area contributed by atoms with Gasteiger partial charge in [-0.2, -0.15) is 0 Å². The van der Waals surface area contributed by atoms with E-state index in [4.69, 9.17) is 4.74 Å². The second kappa shape index (κ2) is 5.03. The first-order valence-electron chi connectivity index (χ1n) is 5.58. The number of nitrogens with zero attached hydrogens (tertiary/aromatic N) is 1. The smallest absolute Gasteiger partial charge is 0.119 e. The zero-order chi connectivity index (χ0) is 10.5. The van der Waals surface area contributed by atoms with Crippen LogP contribution in [-0.4, -0.2) is 32.8 Å². The highest BCUT2D eigenvalue weighted by atomic mass is 16.5. The van der Waals surface area contributed by atoms with Crippen molar-refractivity contribution in [1.29, 1.82) is 0 Å². The highest BCUT2D eigenvalue weighted by molar-refractivity contribution is 5.49. The Hall–Kier alpha value is -1.22.